The summed E-state index contributed by atoms with van der Waals surface area (Å²) in [6.07, 6.45) is 1.40. The highest BCUT2D eigenvalue weighted by Crippen LogP contribution is 2.27. The first-order chi connectivity index (χ1) is 9.99. The number of aromatic nitrogens is 1. The van der Waals surface area contributed by atoms with Crippen LogP contribution in [0.2, 0.25) is 0 Å². The third-order valence-electron chi connectivity index (χ3n) is 2.96. The second-order valence-electron chi connectivity index (χ2n) is 4.42. The highest BCUT2D eigenvalue weighted by atomic mass is 16.6. The minimum Gasteiger partial charge on any atom is -0.478 e. The molecule has 0 aliphatic carbocycles. The largest absolute Gasteiger partial charge is 0.478 e. The van der Waals surface area contributed by atoms with Crippen LogP contribution in [-0.4, -0.2) is 21.0 Å². The van der Waals surface area contributed by atoms with Crippen LogP contribution in [0.15, 0.2) is 36.5 Å². The van der Waals surface area contributed by atoms with Crippen molar-refractivity contribution >= 4 is 17.3 Å². The minimum atomic E-state index is -1.04. The third-order valence-corrected chi connectivity index (χ3v) is 2.96. The van der Waals surface area contributed by atoms with Gasteiger partial charge in [0.1, 0.15) is 5.69 Å². The highest BCUT2D eigenvalue weighted by molar-refractivity contribution is 5.87. The first-order valence-electron chi connectivity index (χ1n) is 6.15. The molecule has 21 heavy (non-hydrogen) atoms. The van der Waals surface area contributed by atoms with E-state index in [0.29, 0.717) is 11.4 Å². The molecular formula is C14H13N3O4. The maximum atomic E-state index is 11.0. The number of nitro groups is 1. The zero-order valence-electron chi connectivity index (χ0n) is 11.2. The lowest BCUT2D eigenvalue weighted by Gasteiger charge is -2.09. The van der Waals surface area contributed by atoms with Crippen molar-refractivity contribution in [2.45, 2.75) is 13.5 Å². The predicted molar refractivity (Wildman–Crippen MR) is 76.4 cm³/mol. The molecule has 0 radical (unpaired) electrons. The van der Waals surface area contributed by atoms with Gasteiger partial charge in [0.25, 0.3) is 5.69 Å². The van der Waals surface area contributed by atoms with Gasteiger partial charge >= 0.3 is 5.97 Å². The molecule has 0 atom stereocenters. The molecule has 0 saturated carbocycles. The number of hydrogen-bond acceptors (Lipinski definition) is 5. The summed E-state index contributed by atoms with van der Waals surface area (Å²) >= 11 is 0. The molecule has 2 N–H and O–H groups in total. The van der Waals surface area contributed by atoms with Crippen molar-refractivity contribution in [1.29, 1.82) is 0 Å². The number of hydrogen-bond donors (Lipinski definition) is 2. The van der Waals surface area contributed by atoms with Crippen LogP contribution in [-0.2, 0) is 6.54 Å². The number of nitro benzene ring substituents is 1. The van der Waals surface area contributed by atoms with Gasteiger partial charge in [0.15, 0.2) is 0 Å². The molecule has 0 fully saturated rings. The summed E-state index contributed by atoms with van der Waals surface area (Å²) < 4.78 is 0. The average Bonchev–Trinajstić information content (AvgIpc) is 2.46. The van der Waals surface area contributed by atoms with Crippen LogP contribution in [0.3, 0.4) is 0 Å². The second-order valence-corrected chi connectivity index (χ2v) is 4.42. The molecule has 0 bridgehead atoms. The number of nitrogens with one attached hydrogen (secondary N) is 1. The quantitative estimate of drug-likeness (QED) is 0.646. The Kier molecular flexibility index (Phi) is 4.13. The number of aromatic carboxylic acids is 1. The second kappa shape index (κ2) is 6.00. The van der Waals surface area contributed by atoms with Gasteiger partial charge in [-0.2, -0.15) is 0 Å². The predicted octanol–water partition coefficient (Wildman–Crippen LogP) is 2.61. The summed E-state index contributed by atoms with van der Waals surface area (Å²) in [6, 6.07) is 7.61. The fourth-order valence-corrected chi connectivity index (χ4v) is 1.92. The lowest BCUT2D eigenvalue weighted by Crippen LogP contribution is -2.07. The van der Waals surface area contributed by atoms with Crippen LogP contribution in [0.5, 0.6) is 0 Å². The van der Waals surface area contributed by atoms with Crippen LogP contribution in [0.1, 0.15) is 21.6 Å². The first-order valence-corrected chi connectivity index (χ1v) is 6.15. The van der Waals surface area contributed by atoms with Gasteiger partial charge in [-0.3, -0.25) is 15.1 Å². The van der Waals surface area contributed by atoms with Gasteiger partial charge in [0, 0.05) is 12.3 Å². The van der Waals surface area contributed by atoms with Crippen molar-refractivity contribution in [2.75, 3.05) is 5.32 Å². The molecule has 1 heterocycles. The van der Waals surface area contributed by atoms with Crippen molar-refractivity contribution in [1.82, 2.24) is 4.98 Å². The number of nitrogens with zero attached hydrogens (tertiary/aromatic N) is 2. The molecular weight excluding hydrogens is 274 g/mol. The molecule has 7 heteroatoms. The number of anilines is 1. The monoisotopic (exact) mass is 287 g/mol. The molecule has 0 spiro atoms. The number of carboxylic acids is 1. The Hall–Kier alpha value is -2.96. The Bertz CT molecular complexity index is 700. The van der Waals surface area contributed by atoms with E-state index in [1.807, 2.05) is 0 Å². The van der Waals surface area contributed by atoms with Gasteiger partial charge in [0.2, 0.25) is 0 Å². The van der Waals surface area contributed by atoms with Crippen molar-refractivity contribution in [3.05, 3.63) is 63.5 Å². The summed E-state index contributed by atoms with van der Waals surface area (Å²) in [5, 5.41) is 22.9. The van der Waals surface area contributed by atoms with E-state index in [-0.39, 0.29) is 17.8 Å². The molecule has 0 aliphatic heterocycles. The lowest BCUT2D eigenvalue weighted by atomic mass is 10.1. The van der Waals surface area contributed by atoms with Gasteiger partial charge in [-0.25, -0.2) is 4.79 Å². The zero-order chi connectivity index (χ0) is 15.4. The van der Waals surface area contributed by atoms with Gasteiger partial charge in [-0.05, 0) is 24.6 Å². The van der Waals surface area contributed by atoms with Crippen molar-refractivity contribution in [2.24, 2.45) is 0 Å². The fraction of sp³-hybridized carbons (Fsp3) is 0.143. The Morgan fingerprint density at radius 1 is 1.43 bits per heavy atom. The molecule has 0 unspecified atom stereocenters. The van der Waals surface area contributed by atoms with Crippen molar-refractivity contribution < 1.29 is 14.8 Å². The topological polar surface area (TPSA) is 105 Å². The van der Waals surface area contributed by atoms with Crippen LogP contribution in [0.4, 0.5) is 11.4 Å². The molecule has 0 amide bonds. The number of pyridine rings is 1. The van der Waals surface area contributed by atoms with Crippen molar-refractivity contribution in [3.63, 3.8) is 0 Å². The number of carboxylic acid groups (broad SMARTS) is 1. The first kappa shape index (κ1) is 14.4. The maximum Gasteiger partial charge on any atom is 0.335 e. The lowest BCUT2D eigenvalue weighted by molar-refractivity contribution is -0.384. The molecule has 0 aliphatic rings. The van der Waals surface area contributed by atoms with Crippen LogP contribution >= 0.6 is 0 Å². The summed E-state index contributed by atoms with van der Waals surface area (Å²) in [4.78, 5) is 25.5. The summed E-state index contributed by atoms with van der Waals surface area (Å²) in [5.74, 6) is -1.04. The molecule has 2 rings (SSSR count). The van der Waals surface area contributed by atoms with Crippen molar-refractivity contribution in [3.8, 4) is 0 Å². The Morgan fingerprint density at radius 2 is 2.19 bits per heavy atom. The number of carbonyl (C=O) groups is 1. The summed E-state index contributed by atoms with van der Waals surface area (Å²) in [7, 11) is 0. The van der Waals surface area contributed by atoms with Gasteiger partial charge < -0.3 is 10.4 Å². The van der Waals surface area contributed by atoms with E-state index in [2.05, 4.69) is 10.3 Å². The van der Waals surface area contributed by atoms with Crippen LogP contribution < -0.4 is 5.32 Å². The van der Waals surface area contributed by atoms with E-state index in [4.69, 9.17) is 5.11 Å². The summed E-state index contributed by atoms with van der Waals surface area (Å²) in [5.41, 5.74) is 1.74. The number of para-hydroxylation sites is 1. The van der Waals surface area contributed by atoms with Gasteiger partial charge in [0.05, 0.1) is 22.7 Å². The molecule has 1 aromatic carbocycles. The fourth-order valence-electron chi connectivity index (χ4n) is 1.92. The third kappa shape index (κ3) is 3.33. The average molecular weight is 287 g/mol. The molecule has 7 nitrogen and oxygen atoms in total. The SMILES string of the molecule is Cc1cccc([N+](=O)[O-])c1NCc1cc(C(=O)O)ccn1. The van der Waals surface area contributed by atoms with Crippen LogP contribution in [0, 0.1) is 17.0 Å². The molecule has 1 aromatic heterocycles. The normalized spacial score (nSPS) is 10.1. The van der Waals surface area contributed by atoms with E-state index in [1.54, 1.807) is 19.1 Å². The molecule has 108 valence electrons. The van der Waals surface area contributed by atoms with E-state index in [1.165, 1.54) is 24.4 Å². The minimum absolute atomic E-state index is 0.0237. The molecule has 0 saturated heterocycles. The zero-order valence-corrected chi connectivity index (χ0v) is 11.2. The van der Waals surface area contributed by atoms with E-state index < -0.39 is 10.9 Å². The number of rotatable bonds is 5. The highest BCUT2D eigenvalue weighted by Gasteiger charge is 2.15. The smallest absolute Gasteiger partial charge is 0.335 e. The van der Waals surface area contributed by atoms with E-state index >= 15 is 0 Å². The molecule has 2 aromatic rings. The van der Waals surface area contributed by atoms with Crippen LogP contribution in [0.25, 0.3) is 0 Å². The van der Waals surface area contributed by atoms with E-state index in [0.717, 1.165) is 5.56 Å². The number of benzene rings is 1. The standard InChI is InChI=1S/C14H13N3O4/c1-9-3-2-4-12(17(20)21)13(9)16-8-11-7-10(14(18)19)5-6-15-11/h2-7,16H,8H2,1H3,(H,18,19). The summed E-state index contributed by atoms with van der Waals surface area (Å²) in [6.45, 7) is 1.96. The maximum absolute atomic E-state index is 11.0. The van der Waals surface area contributed by atoms with Gasteiger partial charge in [-0.15, -0.1) is 0 Å². The Morgan fingerprint density at radius 3 is 2.86 bits per heavy atom. The Balaban J connectivity index is 2.22. The van der Waals surface area contributed by atoms with Gasteiger partial charge in [-0.1, -0.05) is 12.1 Å². The van der Waals surface area contributed by atoms with E-state index in [9.17, 15) is 14.9 Å². The Labute approximate surface area is 120 Å². The number of aryl methyl sites for hydroxylation is 1.